The predicted molar refractivity (Wildman–Crippen MR) is 96.4 cm³/mol. The van der Waals surface area contributed by atoms with Crippen LogP contribution in [0.25, 0.3) is 0 Å². The van der Waals surface area contributed by atoms with Gasteiger partial charge in [-0.2, -0.15) is 13.2 Å². The lowest BCUT2D eigenvalue weighted by molar-refractivity contribution is -0.184. The molecule has 2 N–H and O–H groups in total. The summed E-state index contributed by atoms with van der Waals surface area (Å²) >= 11 is 0. The van der Waals surface area contributed by atoms with E-state index in [2.05, 4.69) is 10.6 Å². The topological polar surface area (TPSA) is 44.4 Å². The molecule has 1 unspecified atom stereocenters. The van der Waals surface area contributed by atoms with Crippen LogP contribution in [0.4, 0.5) is 13.2 Å². The van der Waals surface area contributed by atoms with Crippen molar-refractivity contribution in [2.45, 2.75) is 31.5 Å². The average molecular weight is 392 g/mol. The van der Waals surface area contributed by atoms with Gasteiger partial charge in [-0.3, -0.25) is 9.69 Å². The van der Waals surface area contributed by atoms with Gasteiger partial charge in [-0.25, -0.2) is 0 Å². The standard InChI is InChI=1S/C18H24F3N3O.ClH/c19-18(20,21)15(24-10-8-22-9-11-24)13-23-16(25)17(6-7-17)12-14-4-2-1-3-5-14;/h1-5,15,22H,6-13H2,(H,23,25);1H. The van der Waals surface area contributed by atoms with Gasteiger partial charge in [-0.15, -0.1) is 12.4 Å². The van der Waals surface area contributed by atoms with Gasteiger partial charge >= 0.3 is 6.18 Å². The molecule has 1 saturated carbocycles. The zero-order valence-corrected chi connectivity index (χ0v) is 15.3. The van der Waals surface area contributed by atoms with Crippen LogP contribution in [0.1, 0.15) is 18.4 Å². The van der Waals surface area contributed by atoms with E-state index < -0.39 is 17.6 Å². The third-order valence-electron chi connectivity index (χ3n) is 5.15. The number of halogens is 4. The van der Waals surface area contributed by atoms with Crippen molar-refractivity contribution in [1.82, 2.24) is 15.5 Å². The maximum absolute atomic E-state index is 13.4. The highest BCUT2D eigenvalue weighted by Gasteiger charge is 2.50. The second-order valence-corrected chi connectivity index (χ2v) is 7.00. The number of nitrogens with one attached hydrogen (secondary N) is 2. The first kappa shape index (κ1) is 21.0. The lowest BCUT2D eigenvalue weighted by Crippen LogP contribution is -2.58. The highest BCUT2D eigenvalue weighted by molar-refractivity contribution is 5.85. The Balaban J connectivity index is 0.00000243. The van der Waals surface area contributed by atoms with Gasteiger partial charge in [-0.1, -0.05) is 30.3 Å². The second-order valence-electron chi connectivity index (χ2n) is 7.00. The first-order valence-electron chi connectivity index (χ1n) is 8.74. The van der Waals surface area contributed by atoms with Crippen molar-refractivity contribution in [3.63, 3.8) is 0 Å². The van der Waals surface area contributed by atoms with Gasteiger partial charge in [0.15, 0.2) is 0 Å². The Hall–Kier alpha value is -1.31. The van der Waals surface area contributed by atoms with Crippen LogP contribution in [-0.4, -0.2) is 55.7 Å². The van der Waals surface area contributed by atoms with E-state index in [-0.39, 0.29) is 24.9 Å². The number of nitrogens with zero attached hydrogens (tertiary/aromatic N) is 1. The monoisotopic (exact) mass is 391 g/mol. The molecule has 1 saturated heterocycles. The Morgan fingerprint density at radius 1 is 1.19 bits per heavy atom. The van der Waals surface area contributed by atoms with E-state index in [1.807, 2.05) is 30.3 Å². The highest BCUT2D eigenvalue weighted by Crippen LogP contribution is 2.48. The molecule has 3 rings (SSSR count). The van der Waals surface area contributed by atoms with Crippen LogP contribution in [0.3, 0.4) is 0 Å². The summed E-state index contributed by atoms with van der Waals surface area (Å²) in [6.07, 6.45) is -2.29. The number of hydrogen-bond donors (Lipinski definition) is 2. The van der Waals surface area contributed by atoms with Gasteiger partial charge in [0, 0.05) is 32.7 Å². The van der Waals surface area contributed by atoms with Crippen LogP contribution >= 0.6 is 12.4 Å². The summed E-state index contributed by atoms with van der Waals surface area (Å²) in [4.78, 5) is 13.9. The van der Waals surface area contributed by atoms with Crippen LogP contribution in [0.15, 0.2) is 30.3 Å². The minimum absolute atomic E-state index is 0. The van der Waals surface area contributed by atoms with Crippen molar-refractivity contribution in [2.24, 2.45) is 5.41 Å². The number of alkyl halides is 3. The Morgan fingerprint density at radius 2 is 1.81 bits per heavy atom. The van der Waals surface area contributed by atoms with E-state index in [4.69, 9.17) is 0 Å². The van der Waals surface area contributed by atoms with Crippen molar-refractivity contribution in [3.05, 3.63) is 35.9 Å². The molecule has 1 aliphatic heterocycles. The normalized spacial score (nSPS) is 20.7. The van der Waals surface area contributed by atoms with Crippen LogP contribution < -0.4 is 10.6 Å². The molecule has 2 fully saturated rings. The Labute approximate surface area is 157 Å². The SMILES string of the molecule is Cl.O=C(NCC(N1CCNCC1)C(F)(F)F)C1(Cc2ccccc2)CC1. The molecule has 8 heteroatoms. The maximum Gasteiger partial charge on any atom is 0.405 e. The average Bonchev–Trinajstić information content (AvgIpc) is 3.36. The zero-order valence-electron chi connectivity index (χ0n) is 14.5. The van der Waals surface area contributed by atoms with Gasteiger partial charge in [0.2, 0.25) is 5.91 Å². The Morgan fingerprint density at radius 3 is 2.35 bits per heavy atom. The number of amides is 1. The van der Waals surface area contributed by atoms with Gasteiger partial charge in [0.1, 0.15) is 6.04 Å². The molecule has 0 radical (unpaired) electrons. The number of piperazine rings is 1. The largest absolute Gasteiger partial charge is 0.405 e. The zero-order chi connectivity index (χ0) is 17.9. The highest BCUT2D eigenvalue weighted by atomic mass is 35.5. The number of benzene rings is 1. The van der Waals surface area contributed by atoms with Crippen LogP contribution in [-0.2, 0) is 11.2 Å². The number of carbonyl (C=O) groups excluding carboxylic acids is 1. The minimum atomic E-state index is -4.35. The number of hydrogen-bond acceptors (Lipinski definition) is 3. The third kappa shape index (κ3) is 5.11. The fourth-order valence-corrected chi connectivity index (χ4v) is 3.44. The van der Waals surface area contributed by atoms with Gasteiger partial charge in [0.25, 0.3) is 0 Å². The number of rotatable bonds is 6. The second kappa shape index (κ2) is 8.59. The molecule has 1 heterocycles. The molecule has 1 aromatic carbocycles. The summed E-state index contributed by atoms with van der Waals surface area (Å²) in [5.74, 6) is -0.249. The smallest absolute Gasteiger partial charge is 0.354 e. The summed E-state index contributed by atoms with van der Waals surface area (Å²) in [5.41, 5.74) is 0.519. The Kier molecular flexibility index (Phi) is 6.93. The van der Waals surface area contributed by atoms with Gasteiger partial charge in [-0.05, 0) is 24.8 Å². The van der Waals surface area contributed by atoms with Crippen molar-refractivity contribution in [2.75, 3.05) is 32.7 Å². The summed E-state index contributed by atoms with van der Waals surface area (Å²) in [5, 5.41) is 5.64. The fraction of sp³-hybridized carbons (Fsp3) is 0.611. The molecule has 0 bridgehead atoms. The molecule has 4 nitrogen and oxygen atoms in total. The van der Waals surface area contributed by atoms with E-state index in [1.165, 1.54) is 4.90 Å². The molecule has 1 atom stereocenters. The summed E-state index contributed by atoms with van der Waals surface area (Å²) in [6, 6.07) is 8.01. The molecule has 0 aromatic heterocycles. The first-order valence-corrected chi connectivity index (χ1v) is 8.74. The summed E-state index contributed by atoms with van der Waals surface area (Å²) in [6.45, 7) is 1.39. The minimum Gasteiger partial charge on any atom is -0.354 e. The first-order chi connectivity index (χ1) is 11.9. The third-order valence-corrected chi connectivity index (χ3v) is 5.15. The van der Waals surface area contributed by atoms with E-state index >= 15 is 0 Å². The van der Waals surface area contributed by atoms with Crippen LogP contribution in [0, 0.1) is 5.41 Å². The van der Waals surface area contributed by atoms with Gasteiger partial charge < -0.3 is 10.6 Å². The summed E-state index contributed by atoms with van der Waals surface area (Å²) in [7, 11) is 0. The molecule has 1 aromatic rings. The van der Waals surface area contributed by atoms with E-state index in [9.17, 15) is 18.0 Å². The van der Waals surface area contributed by atoms with Crippen LogP contribution in [0.5, 0.6) is 0 Å². The lowest BCUT2D eigenvalue weighted by atomic mass is 9.95. The fourth-order valence-electron chi connectivity index (χ4n) is 3.44. The Bertz CT molecular complexity index is 587. The van der Waals surface area contributed by atoms with Gasteiger partial charge in [0.05, 0.1) is 5.41 Å². The van der Waals surface area contributed by atoms with Crippen molar-refractivity contribution < 1.29 is 18.0 Å². The summed E-state index contributed by atoms with van der Waals surface area (Å²) < 4.78 is 40.2. The van der Waals surface area contributed by atoms with Crippen molar-refractivity contribution in [3.8, 4) is 0 Å². The molecule has 1 amide bonds. The van der Waals surface area contributed by atoms with Crippen molar-refractivity contribution >= 4 is 18.3 Å². The molecular formula is C18H25ClF3N3O. The number of carbonyl (C=O) groups is 1. The molecule has 2 aliphatic rings. The molecule has 146 valence electrons. The van der Waals surface area contributed by atoms with E-state index in [0.717, 1.165) is 18.4 Å². The molecular weight excluding hydrogens is 367 g/mol. The van der Waals surface area contributed by atoms with E-state index in [0.29, 0.717) is 32.6 Å². The molecule has 26 heavy (non-hydrogen) atoms. The van der Waals surface area contributed by atoms with E-state index in [1.54, 1.807) is 0 Å². The maximum atomic E-state index is 13.4. The molecule has 1 aliphatic carbocycles. The lowest BCUT2D eigenvalue weighted by Gasteiger charge is -2.36. The van der Waals surface area contributed by atoms with Crippen molar-refractivity contribution in [1.29, 1.82) is 0 Å². The predicted octanol–water partition coefficient (Wildman–Crippen LogP) is 2.38. The van der Waals surface area contributed by atoms with Crippen LogP contribution in [0.2, 0.25) is 0 Å². The quantitative estimate of drug-likeness (QED) is 0.782. The molecule has 0 spiro atoms.